The fraction of sp³-hybridized carbons (Fsp3) is 0.389. The molecule has 0 bridgehead atoms. The van der Waals surface area contributed by atoms with E-state index < -0.39 is 11.7 Å². The van der Waals surface area contributed by atoms with Gasteiger partial charge in [0.25, 0.3) is 5.91 Å². The summed E-state index contributed by atoms with van der Waals surface area (Å²) in [5, 5.41) is 3.89. The number of nitrogens with zero attached hydrogens (tertiary/aromatic N) is 4. The van der Waals surface area contributed by atoms with Crippen LogP contribution < -0.4 is 0 Å². The Kier molecular flexibility index (Phi) is 6.67. The fourth-order valence-electron chi connectivity index (χ4n) is 3.15. The van der Waals surface area contributed by atoms with E-state index in [9.17, 15) is 18.4 Å². The topological polar surface area (TPSA) is 58.4 Å². The zero-order valence-corrected chi connectivity index (χ0v) is 15.9. The summed E-state index contributed by atoms with van der Waals surface area (Å²) in [7, 11) is 1.56. The van der Waals surface area contributed by atoms with Crippen LogP contribution in [0.2, 0.25) is 0 Å². The lowest BCUT2D eigenvalue weighted by Gasteiger charge is -2.39. The summed E-state index contributed by atoms with van der Waals surface area (Å²) in [6.45, 7) is 3.42. The molecule has 1 aromatic heterocycles. The molecule has 1 aliphatic rings. The molecule has 1 fully saturated rings. The molecule has 1 amide bonds. The van der Waals surface area contributed by atoms with Gasteiger partial charge in [0, 0.05) is 38.3 Å². The Hall–Kier alpha value is -2.32. The third-order valence-corrected chi connectivity index (χ3v) is 4.49. The van der Waals surface area contributed by atoms with Gasteiger partial charge in [-0.05, 0) is 31.2 Å². The number of rotatable bonds is 4. The molecule has 146 valence electrons. The highest BCUT2D eigenvalue weighted by Gasteiger charge is 2.31. The summed E-state index contributed by atoms with van der Waals surface area (Å²) >= 11 is 0. The highest BCUT2D eigenvalue weighted by molar-refractivity contribution is 5.97. The predicted octanol–water partition coefficient (Wildman–Crippen LogP) is 2.15. The van der Waals surface area contributed by atoms with Crippen molar-refractivity contribution in [2.45, 2.75) is 13.0 Å². The summed E-state index contributed by atoms with van der Waals surface area (Å²) in [6, 6.07) is 5.26. The fourth-order valence-corrected chi connectivity index (χ4v) is 3.15. The Labute approximate surface area is 162 Å². The Morgan fingerprint density at radius 3 is 2.41 bits per heavy atom. The summed E-state index contributed by atoms with van der Waals surface area (Å²) < 4.78 is 28.0. The van der Waals surface area contributed by atoms with Crippen molar-refractivity contribution in [3.63, 3.8) is 0 Å². The number of aryl methyl sites for hydroxylation is 1. The lowest BCUT2D eigenvalue weighted by atomic mass is 10.1. The normalized spacial score (nSPS) is 17.5. The van der Waals surface area contributed by atoms with Crippen LogP contribution >= 0.6 is 12.4 Å². The Bertz CT molecular complexity index is 825. The van der Waals surface area contributed by atoms with Gasteiger partial charge in [0.2, 0.25) is 0 Å². The van der Waals surface area contributed by atoms with Crippen LogP contribution in [0.15, 0.2) is 30.5 Å². The average Bonchev–Trinajstić information content (AvgIpc) is 2.93. The van der Waals surface area contributed by atoms with E-state index in [1.807, 2.05) is 11.8 Å². The average molecular weight is 399 g/mol. The molecular weight excluding hydrogens is 378 g/mol. The lowest BCUT2D eigenvalue weighted by Crippen LogP contribution is -2.55. The van der Waals surface area contributed by atoms with E-state index in [0.29, 0.717) is 25.2 Å². The van der Waals surface area contributed by atoms with Crippen molar-refractivity contribution < 1.29 is 18.4 Å². The molecule has 1 unspecified atom stereocenters. The van der Waals surface area contributed by atoms with Gasteiger partial charge in [0.05, 0.1) is 12.7 Å². The van der Waals surface area contributed by atoms with E-state index in [1.54, 1.807) is 11.9 Å². The second-order valence-corrected chi connectivity index (χ2v) is 6.51. The third-order valence-electron chi connectivity index (χ3n) is 4.49. The van der Waals surface area contributed by atoms with Crippen molar-refractivity contribution >= 4 is 24.1 Å². The first-order valence-corrected chi connectivity index (χ1v) is 8.36. The van der Waals surface area contributed by atoms with Gasteiger partial charge in [-0.25, -0.2) is 8.78 Å². The quantitative estimate of drug-likeness (QED) is 0.740. The van der Waals surface area contributed by atoms with Gasteiger partial charge < -0.3 is 4.90 Å². The van der Waals surface area contributed by atoms with E-state index in [4.69, 9.17) is 0 Å². The molecule has 3 rings (SSSR count). The summed E-state index contributed by atoms with van der Waals surface area (Å²) in [6.07, 6.45) is 1.16. The van der Waals surface area contributed by atoms with Crippen LogP contribution in [-0.2, 0) is 7.05 Å². The SMILES string of the molecule is CC1CN(CC(=O)c2ccc(F)cc2)CCN1C(=O)c1nn(C)cc1F.Cl. The molecule has 1 atom stereocenters. The Morgan fingerprint density at radius 1 is 1.19 bits per heavy atom. The molecule has 27 heavy (non-hydrogen) atoms. The summed E-state index contributed by atoms with van der Waals surface area (Å²) in [5.74, 6) is -1.57. The molecule has 2 heterocycles. The molecule has 0 radical (unpaired) electrons. The monoisotopic (exact) mass is 398 g/mol. The van der Waals surface area contributed by atoms with Crippen LogP contribution in [0, 0.1) is 11.6 Å². The van der Waals surface area contributed by atoms with Crippen molar-refractivity contribution in [2.24, 2.45) is 7.05 Å². The number of ketones is 1. The van der Waals surface area contributed by atoms with Gasteiger partial charge in [-0.3, -0.25) is 19.2 Å². The van der Waals surface area contributed by atoms with Crippen molar-refractivity contribution in [3.05, 3.63) is 53.4 Å². The molecule has 9 heteroatoms. The van der Waals surface area contributed by atoms with E-state index in [-0.39, 0.29) is 42.3 Å². The molecule has 2 aromatic rings. The minimum Gasteiger partial charge on any atom is -0.332 e. The van der Waals surface area contributed by atoms with Crippen LogP contribution in [-0.4, -0.2) is 63.5 Å². The minimum atomic E-state index is -0.640. The number of hydrogen-bond donors (Lipinski definition) is 0. The molecule has 1 aromatic carbocycles. The number of carbonyl (C=O) groups is 2. The number of piperazine rings is 1. The first-order valence-electron chi connectivity index (χ1n) is 8.36. The maximum Gasteiger partial charge on any atom is 0.277 e. The molecular formula is C18H21ClF2N4O2. The molecule has 6 nitrogen and oxygen atoms in total. The Morgan fingerprint density at radius 2 is 1.85 bits per heavy atom. The molecule has 1 aliphatic heterocycles. The number of hydrogen-bond acceptors (Lipinski definition) is 4. The van der Waals surface area contributed by atoms with Gasteiger partial charge in [0.1, 0.15) is 5.82 Å². The first-order chi connectivity index (χ1) is 12.3. The van der Waals surface area contributed by atoms with E-state index in [2.05, 4.69) is 5.10 Å². The van der Waals surface area contributed by atoms with E-state index in [1.165, 1.54) is 28.9 Å². The van der Waals surface area contributed by atoms with Crippen LogP contribution in [0.3, 0.4) is 0 Å². The number of halogens is 3. The lowest BCUT2D eigenvalue weighted by molar-refractivity contribution is 0.0473. The van der Waals surface area contributed by atoms with Crippen LogP contribution in [0.4, 0.5) is 8.78 Å². The number of benzene rings is 1. The van der Waals surface area contributed by atoms with Gasteiger partial charge >= 0.3 is 0 Å². The zero-order valence-electron chi connectivity index (χ0n) is 15.1. The second kappa shape index (κ2) is 8.58. The second-order valence-electron chi connectivity index (χ2n) is 6.51. The molecule has 0 aliphatic carbocycles. The zero-order chi connectivity index (χ0) is 18.8. The largest absolute Gasteiger partial charge is 0.332 e. The maximum atomic E-state index is 13.8. The van der Waals surface area contributed by atoms with Gasteiger partial charge in [-0.15, -0.1) is 12.4 Å². The standard InChI is InChI=1S/C18H20F2N4O2.ClH/c1-12-9-23(11-16(25)13-3-5-14(19)6-4-13)7-8-24(12)18(26)17-15(20)10-22(2)21-17;/h3-6,10,12H,7-9,11H2,1-2H3;1H. The van der Waals surface area contributed by atoms with Crippen molar-refractivity contribution in [1.29, 1.82) is 0 Å². The number of carbonyl (C=O) groups excluding carboxylic acids is 2. The smallest absolute Gasteiger partial charge is 0.277 e. The number of amides is 1. The first kappa shape index (κ1) is 21.0. The van der Waals surface area contributed by atoms with E-state index >= 15 is 0 Å². The van der Waals surface area contributed by atoms with Gasteiger partial charge in [-0.2, -0.15) is 5.10 Å². The van der Waals surface area contributed by atoms with Crippen LogP contribution in [0.25, 0.3) is 0 Å². The van der Waals surface area contributed by atoms with Crippen molar-refractivity contribution in [2.75, 3.05) is 26.2 Å². The van der Waals surface area contributed by atoms with Crippen LogP contribution in [0.1, 0.15) is 27.8 Å². The van der Waals surface area contributed by atoms with Gasteiger partial charge in [-0.1, -0.05) is 0 Å². The number of aromatic nitrogens is 2. The molecule has 1 saturated heterocycles. The minimum absolute atomic E-state index is 0. The van der Waals surface area contributed by atoms with Gasteiger partial charge in [0.15, 0.2) is 17.3 Å². The highest BCUT2D eigenvalue weighted by Crippen LogP contribution is 2.16. The van der Waals surface area contributed by atoms with Crippen LogP contribution in [0.5, 0.6) is 0 Å². The van der Waals surface area contributed by atoms with E-state index in [0.717, 1.165) is 6.20 Å². The molecule has 0 saturated carbocycles. The van der Waals surface area contributed by atoms with Crippen molar-refractivity contribution in [1.82, 2.24) is 19.6 Å². The number of Topliss-reactive ketones (excluding diaryl/α,β-unsaturated/α-hetero) is 1. The van der Waals surface area contributed by atoms with Crippen molar-refractivity contribution in [3.8, 4) is 0 Å². The maximum absolute atomic E-state index is 13.8. The predicted molar refractivity (Wildman–Crippen MR) is 98.1 cm³/mol. The third kappa shape index (κ3) is 4.70. The summed E-state index contributed by atoms with van der Waals surface area (Å²) in [4.78, 5) is 28.3. The summed E-state index contributed by atoms with van der Waals surface area (Å²) in [5.41, 5.74) is 0.267. The Balaban J connectivity index is 0.00000261. The highest BCUT2D eigenvalue weighted by atomic mass is 35.5. The molecule has 0 N–H and O–H groups in total. The molecule has 0 spiro atoms.